The zero-order valence-corrected chi connectivity index (χ0v) is 18.9. The number of anilines is 2. The third-order valence-corrected chi connectivity index (χ3v) is 7.27. The van der Waals surface area contributed by atoms with E-state index in [0.29, 0.717) is 23.0 Å². The Kier molecular flexibility index (Phi) is 8.19. The Balaban J connectivity index is 0.00000272. The maximum atomic E-state index is 13.6. The molecule has 0 spiro atoms. The van der Waals surface area contributed by atoms with Gasteiger partial charge in [-0.25, -0.2) is 0 Å². The van der Waals surface area contributed by atoms with Gasteiger partial charge in [-0.15, -0.1) is 12.4 Å². The molecule has 3 nitrogen and oxygen atoms in total. The predicted octanol–water partition coefficient (Wildman–Crippen LogP) is 6.21. The molecule has 0 amide bonds. The van der Waals surface area contributed by atoms with Gasteiger partial charge in [0.05, 0.1) is 16.9 Å². The van der Waals surface area contributed by atoms with E-state index in [2.05, 4.69) is 4.90 Å². The molecule has 0 atom stereocenters. The van der Waals surface area contributed by atoms with E-state index in [0.717, 1.165) is 55.9 Å². The number of alkyl halides is 3. The number of hydrogen-bond acceptors (Lipinski definition) is 4. The summed E-state index contributed by atoms with van der Waals surface area (Å²) in [6.45, 7) is 3.76. The maximum absolute atomic E-state index is 13.6. The van der Waals surface area contributed by atoms with Gasteiger partial charge >= 0.3 is 6.18 Å². The van der Waals surface area contributed by atoms with Crippen LogP contribution in [0.2, 0.25) is 0 Å². The van der Waals surface area contributed by atoms with Crippen LogP contribution in [-0.2, 0) is 6.18 Å². The second-order valence-corrected chi connectivity index (χ2v) is 9.08. The molecule has 0 bridgehead atoms. The van der Waals surface area contributed by atoms with E-state index in [4.69, 9.17) is 5.11 Å². The van der Waals surface area contributed by atoms with Crippen LogP contribution in [-0.4, -0.2) is 42.8 Å². The summed E-state index contributed by atoms with van der Waals surface area (Å²) in [7, 11) is 0. The Morgan fingerprint density at radius 3 is 2.39 bits per heavy atom. The van der Waals surface area contributed by atoms with Crippen LogP contribution < -0.4 is 4.90 Å². The highest BCUT2D eigenvalue weighted by Crippen LogP contribution is 2.52. The minimum Gasteiger partial charge on any atom is -0.396 e. The summed E-state index contributed by atoms with van der Waals surface area (Å²) in [5.41, 5.74) is 1.06. The smallest absolute Gasteiger partial charge is 0.396 e. The number of benzene rings is 2. The van der Waals surface area contributed by atoms with Crippen molar-refractivity contribution in [2.24, 2.45) is 5.92 Å². The number of fused-ring (bicyclic) bond motifs is 2. The fourth-order valence-corrected chi connectivity index (χ4v) is 5.66. The van der Waals surface area contributed by atoms with Crippen LogP contribution in [0.4, 0.5) is 24.5 Å². The summed E-state index contributed by atoms with van der Waals surface area (Å²) in [4.78, 5) is 5.62. The Bertz CT molecular complexity index is 872. The molecule has 0 saturated carbocycles. The standard InChI is InChI=1S/C23H27F3N2OS.ClH/c24-23(25,26)18-6-3-8-20-22(18)30-21-9-2-1-7-19(21)28(20)15-14-27-12-10-17(11-13-27)5-4-16-29;/h1-3,6-9,17,29H,4-5,10-16H2;1H. The number of rotatable bonds is 6. The molecule has 1 N–H and O–H groups in total. The van der Waals surface area contributed by atoms with E-state index in [1.165, 1.54) is 23.9 Å². The van der Waals surface area contributed by atoms with Crippen molar-refractivity contribution in [2.45, 2.75) is 41.7 Å². The first kappa shape index (κ1) is 24.2. The molecule has 4 rings (SSSR count). The third kappa shape index (κ3) is 5.51. The molecule has 0 aromatic heterocycles. The lowest BCUT2D eigenvalue weighted by atomic mass is 9.92. The minimum absolute atomic E-state index is 0. The number of likely N-dealkylation sites (tertiary alicyclic amines) is 1. The van der Waals surface area contributed by atoms with E-state index in [1.54, 1.807) is 6.07 Å². The molecular formula is C23H28ClF3N2OS. The van der Waals surface area contributed by atoms with Crippen LogP contribution in [0.3, 0.4) is 0 Å². The fourth-order valence-electron chi connectivity index (χ4n) is 4.44. The molecule has 0 radical (unpaired) electrons. The number of para-hydroxylation sites is 1. The van der Waals surface area contributed by atoms with Gasteiger partial charge in [0.1, 0.15) is 0 Å². The summed E-state index contributed by atoms with van der Waals surface area (Å²) in [6.07, 6.45) is -0.172. The van der Waals surface area contributed by atoms with Crippen LogP contribution in [0, 0.1) is 5.92 Å². The molecule has 31 heavy (non-hydrogen) atoms. The first-order chi connectivity index (χ1) is 14.5. The van der Waals surface area contributed by atoms with E-state index >= 15 is 0 Å². The summed E-state index contributed by atoms with van der Waals surface area (Å²) in [5, 5.41) is 9.02. The molecule has 2 aromatic rings. The van der Waals surface area contributed by atoms with Crippen LogP contribution in [0.1, 0.15) is 31.2 Å². The van der Waals surface area contributed by atoms with Crippen LogP contribution in [0.15, 0.2) is 52.3 Å². The highest BCUT2D eigenvalue weighted by atomic mass is 35.5. The lowest BCUT2D eigenvalue weighted by Crippen LogP contribution is -2.39. The number of hydrogen-bond donors (Lipinski definition) is 1. The van der Waals surface area contributed by atoms with E-state index in [9.17, 15) is 13.2 Å². The Morgan fingerprint density at radius 2 is 1.68 bits per heavy atom. The highest BCUT2D eigenvalue weighted by molar-refractivity contribution is 7.99. The molecule has 2 aliphatic rings. The zero-order chi connectivity index (χ0) is 21.1. The molecular weight excluding hydrogens is 445 g/mol. The minimum atomic E-state index is -4.37. The van der Waals surface area contributed by atoms with Gasteiger partial charge in [0.25, 0.3) is 0 Å². The molecule has 170 valence electrons. The number of aliphatic hydroxyl groups excluding tert-OH is 1. The normalized spacial score (nSPS) is 17.1. The summed E-state index contributed by atoms with van der Waals surface area (Å²) >= 11 is 1.21. The van der Waals surface area contributed by atoms with Gasteiger partial charge in [0, 0.05) is 29.5 Å². The van der Waals surface area contributed by atoms with Crippen molar-refractivity contribution < 1.29 is 18.3 Å². The molecule has 1 saturated heterocycles. The fraction of sp³-hybridized carbons (Fsp3) is 0.478. The van der Waals surface area contributed by atoms with Gasteiger partial charge in [0.15, 0.2) is 0 Å². The van der Waals surface area contributed by atoms with Gasteiger partial charge < -0.3 is 14.9 Å². The Labute approximate surface area is 192 Å². The monoisotopic (exact) mass is 472 g/mol. The first-order valence-electron chi connectivity index (χ1n) is 10.5. The Hall–Kier alpha value is -1.41. The van der Waals surface area contributed by atoms with Crippen molar-refractivity contribution in [2.75, 3.05) is 37.7 Å². The summed E-state index contributed by atoms with van der Waals surface area (Å²) in [6, 6.07) is 12.2. The highest BCUT2D eigenvalue weighted by Gasteiger charge is 2.37. The van der Waals surface area contributed by atoms with Gasteiger partial charge in [-0.05, 0) is 69.0 Å². The summed E-state index contributed by atoms with van der Waals surface area (Å²) < 4.78 is 40.9. The van der Waals surface area contributed by atoms with Crippen LogP contribution in [0.5, 0.6) is 0 Å². The number of halogens is 4. The lowest BCUT2D eigenvalue weighted by Gasteiger charge is -2.37. The molecule has 2 aromatic carbocycles. The van der Waals surface area contributed by atoms with E-state index in [-0.39, 0.29) is 19.0 Å². The molecule has 1 fully saturated rings. The molecule has 2 aliphatic heterocycles. The van der Waals surface area contributed by atoms with Crippen LogP contribution in [0.25, 0.3) is 0 Å². The third-order valence-electron chi connectivity index (χ3n) is 6.08. The second kappa shape index (κ2) is 10.5. The van der Waals surface area contributed by atoms with Crippen molar-refractivity contribution in [3.05, 3.63) is 48.0 Å². The average Bonchev–Trinajstić information content (AvgIpc) is 2.75. The number of nitrogens with zero attached hydrogens (tertiary/aromatic N) is 2. The first-order valence-corrected chi connectivity index (χ1v) is 11.4. The Morgan fingerprint density at radius 1 is 0.968 bits per heavy atom. The lowest BCUT2D eigenvalue weighted by molar-refractivity contribution is -0.139. The summed E-state index contributed by atoms with van der Waals surface area (Å²) in [5.74, 6) is 0.676. The quantitative estimate of drug-likeness (QED) is 0.540. The van der Waals surface area contributed by atoms with Gasteiger partial charge in [0.2, 0.25) is 0 Å². The van der Waals surface area contributed by atoms with Crippen molar-refractivity contribution in [1.29, 1.82) is 0 Å². The van der Waals surface area contributed by atoms with E-state index < -0.39 is 11.7 Å². The SMILES string of the molecule is Cl.OCCCC1CCN(CCN2c3ccccc3Sc3c2cccc3C(F)(F)F)CC1. The van der Waals surface area contributed by atoms with Crippen molar-refractivity contribution >= 4 is 35.5 Å². The van der Waals surface area contributed by atoms with E-state index in [1.807, 2.05) is 29.2 Å². The molecule has 2 heterocycles. The molecule has 0 aliphatic carbocycles. The number of piperidine rings is 1. The zero-order valence-electron chi connectivity index (χ0n) is 17.3. The van der Waals surface area contributed by atoms with Crippen molar-refractivity contribution in [1.82, 2.24) is 4.90 Å². The molecule has 8 heteroatoms. The van der Waals surface area contributed by atoms with Gasteiger partial charge in [-0.2, -0.15) is 13.2 Å². The maximum Gasteiger partial charge on any atom is 0.417 e. The molecule has 0 unspecified atom stereocenters. The average molecular weight is 473 g/mol. The van der Waals surface area contributed by atoms with Crippen LogP contribution >= 0.6 is 24.2 Å². The largest absolute Gasteiger partial charge is 0.417 e. The number of aliphatic hydroxyl groups is 1. The van der Waals surface area contributed by atoms with Gasteiger partial charge in [-0.1, -0.05) is 30.0 Å². The topological polar surface area (TPSA) is 26.7 Å². The van der Waals surface area contributed by atoms with Crippen molar-refractivity contribution in [3.8, 4) is 0 Å². The predicted molar refractivity (Wildman–Crippen MR) is 122 cm³/mol. The van der Waals surface area contributed by atoms with Crippen molar-refractivity contribution in [3.63, 3.8) is 0 Å². The second-order valence-electron chi connectivity index (χ2n) is 8.02. The van der Waals surface area contributed by atoms with Gasteiger partial charge in [-0.3, -0.25) is 0 Å².